The topological polar surface area (TPSA) is 29.9 Å². The van der Waals surface area contributed by atoms with Gasteiger partial charge in [0.15, 0.2) is 0 Å². The summed E-state index contributed by atoms with van der Waals surface area (Å²) in [7, 11) is 1.96. The standard InChI is InChI=1S/C14H23Cl2N3/c1-3-12-14(16)13(19(2)18-12)9-17-8-11-6-4-5-10(11)7-15/h10-11,17H,3-9H2,1-2H3. The van der Waals surface area contributed by atoms with E-state index in [9.17, 15) is 0 Å². The van der Waals surface area contributed by atoms with Gasteiger partial charge in [0.05, 0.1) is 16.4 Å². The maximum atomic E-state index is 6.34. The van der Waals surface area contributed by atoms with Crippen molar-refractivity contribution in [2.75, 3.05) is 12.4 Å². The fourth-order valence-corrected chi connectivity index (χ4v) is 3.74. The molecule has 1 aromatic rings. The number of aryl methyl sites for hydroxylation is 2. The zero-order chi connectivity index (χ0) is 13.8. The minimum absolute atomic E-state index is 0.683. The fraction of sp³-hybridized carbons (Fsp3) is 0.786. The van der Waals surface area contributed by atoms with Gasteiger partial charge >= 0.3 is 0 Å². The van der Waals surface area contributed by atoms with Crippen LogP contribution >= 0.6 is 23.2 Å². The molecular formula is C14H23Cl2N3. The number of rotatable bonds is 6. The molecular weight excluding hydrogens is 281 g/mol. The molecule has 0 saturated heterocycles. The van der Waals surface area contributed by atoms with E-state index in [0.29, 0.717) is 5.92 Å². The monoisotopic (exact) mass is 303 g/mol. The third-order valence-corrected chi connectivity index (χ3v) is 5.05. The average molecular weight is 304 g/mol. The maximum Gasteiger partial charge on any atom is 0.0863 e. The highest BCUT2D eigenvalue weighted by molar-refractivity contribution is 6.31. The summed E-state index contributed by atoms with van der Waals surface area (Å²) in [5, 5.41) is 8.77. The molecule has 1 fully saturated rings. The minimum Gasteiger partial charge on any atom is -0.311 e. The summed E-state index contributed by atoms with van der Waals surface area (Å²) in [6.07, 6.45) is 4.77. The van der Waals surface area contributed by atoms with Crippen molar-refractivity contribution in [2.45, 2.75) is 39.2 Å². The largest absolute Gasteiger partial charge is 0.311 e. The highest BCUT2D eigenvalue weighted by atomic mass is 35.5. The van der Waals surface area contributed by atoms with E-state index in [0.717, 1.165) is 47.7 Å². The quantitative estimate of drug-likeness (QED) is 0.817. The van der Waals surface area contributed by atoms with Gasteiger partial charge in [-0.25, -0.2) is 0 Å². The normalized spacial score (nSPS) is 23.2. The third-order valence-electron chi connectivity index (χ3n) is 4.22. The molecule has 0 aliphatic heterocycles. The Kier molecular flexibility index (Phi) is 5.55. The highest BCUT2D eigenvalue weighted by Crippen LogP contribution is 2.32. The number of alkyl halides is 1. The van der Waals surface area contributed by atoms with Gasteiger partial charge in [-0.3, -0.25) is 4.68 Å². The van der Waals surface area contributed by atoms with Gasteiger partial charge in [0.25, 0.3) is 0 Å². The van der Waals surface area contributed by atoms with E-state index in [2.05, 4.69) is 17.3 Å². The van der Waals surface area contributed by atoms with Crippen molar-refractivity contribution in [3.63, 3.8) is 0 Å². The molecule has 108 valence electrons. The molecule has 3 nitrogen and oxygen atoms in total. The Morgan fingerprint density at radius 1 is 1.37 bits per heavy atom. The van der Waals surface area contributed by atoms with Crippen molar-refractivity contribution in [3.8, 4) is 0 Å². The predicted molar refractivity (Wildman–Crippen MR) is 80.9 cm³/mol. The summed E-state index contributed by atoms with van der Waals surface area (Å²) in [6, 6.07) is 0. The van der Waals surface area contributed by atoms with Gasteiger partial charge in [-0.05, 0) is 37.6 Å². The SMILES string of the molecule is CCc1nn(C)c(CNCC2CCCC2CCl)c1Cl. The van der Waals surface area contributed by atoms with Crippen LogP contribution in [0.5, 0.6) is 0 Å². The zero-order valence-electron chi connectivity index (χ0n) is 11.8. The summed E-state index contributed by atoms with van der Waals surface area (Å²) >= 11 is 12.3. The lowest BCUT2D eigenvalue weighted by Crippen LogP contribution is -2.26. The molecule has 1 aliphatic rings. The Labute approximate surface area is 125 Å². The molecule has 0 aromatic carbocycles. The number of hydrogen-bond acceptors (Lipinski definition) is 2. The number of aromatic nitrogens is 2. The van der Waals surface area contributed by atoms with Crippen molar-refractivity contribution in [1.82, 2.24) is 15.1 Å². The maximum absolute atomic E-state index is 6.34. The molecule has 19 heavy (non-hydrogen) atoms. The smallest absolute Gasteiger partial charge is 0.0863 e. The Bertz CT molecular complexity index is 417. The van der Waals surface area contributed by atoms with Crippen molar-refractivity contribution < 1.29 is 0 Å². The summed E-state index contributed by atoms with van der Waals surface area (Å²) < 4.78 is 1.89. The first-order valence-corrected chi connectivity index (χ1v) is 8.05. The molecule has 0 bridgehead atoms. The summed E-state index contributed by atoms with van der Waals surface area (Å²) in [6.45, 7) is 3.89. The van der Waals surface area contributed by atoms with Gasteiger partial charge in [0.1, 0.15) is 0 Å². The molecule has 2 unspecified atom stereocenters. The van der Waals surface area contributed by atoms with Gasteiger partial charge in [0, 0.05) is 19.5 Å². The van der Waals surface area contributed by atoms with Crippen molar-refractivity contribution in [2.24, 2.45) is 18.9 Å². The van der Waals surface area contributed by atoms with Gasteiger partial charge in [0.2, 0.25) is 0 Å². The summed E-state index contributed by atoms with van der Waals surface area (Å²) in [5.74, 6) is 2.19. The van der Waals surface area contributed by atoms with E-state index < -0.39 is 0 Å². The number of nitrogens with zero attached hydrogens (tertiary/aromatic N) is 2. The van der Waals surface area contributed by atoms with Crippen LogP contribution in [-0.4, -0.2) is 22.2 Å². The van der Waals surface area contributed by atoms with Crippen LogP contribution < -0.4 is 5.32 Å². The van der Waals surface area contributed by atoms with Crippen LogP contribution in [0.3, 0.4) is 0 Å². The number of hydrogen-bond donors (Lipinski definition) is 1. The Balaban J connectivity index is 1.87. The molecule has 0 spiro atoms. The van der Waals surface area contributed by atoms with Gasteiger partial charge in [-0.15, -0.1) is 11.6 Å². The van der Waals surface area contributed by atoms with Gasteiger partial charge < -0.3 is 5.32 Å². The lowest BCUT2D eigenvalue weighted by Gasteiger charge is -2.17. The van der Waals surface area contributed by atoms with E-state index in [1.165, 1.54) is 19.3 Å². The van der Waals surface area contributed by atoms with E-state index >= 15 is 0 Å². The summed E-state index contributed by atoms with van der Waals surface area (Å²) in [4.78, 5) is 0. The Morgan fingerprint density at radius 2 is 2.11 bits per heavy atom. The first-order valence-electron chi connectivity index (χ1n) is 7.14. The van der Waals surface area contributed by atoms with Crippen LogP contribution in [0.2, 0.25) is 5.02 Å². The lowest BCUT2D eigenvalue weighted by molar-refractivity contribution is 0.393. The van der Waals surface area contributed by atoms with E-state index in [4.69, 9.17) is 23.2 Å². The first-order chi connectivity index (χ1) is 9.17. The molecule has 1 heterocycles. The van der Waals surface area contributed by atoms with Crippen LogP contribution in [0.25, 0.3) is 0 Å². The molecule has 5 heteroatoms. The Hall–Kier alpha value is -0.250. The van der Waals surface area contributed by atoms with E-state index in [1.807, 2.05) is 11.7 Å². The second-order valence-electron chi connectivity index (χ2n) is 5.42. The predicted octanol–water partition coefficient (Wildman–Crippen LogP) is 3.38. The third kappa shape index (κ3) is 3.45. The van der Waals surface area contributed by atoms with E-state index in [1.54, 1.807) is 0 Å². The fourth-order valence-electron chi connectivity index (χ4n) is 2.97. The Morgan fingerprint density at radius 3 is 2.74 bits per heavy atom. The molecule has 0 radical (unpaired) electrons. The summed E-state index contributed by atoms with van der Waals surface area (Å²) in [5.41, 5.74) is 2.07. The number of nitrogens with one attached hydrogen (secondary N) is 1. The highest BCUT2D eigenvalue weighted by Gasteiger charge is 2.26. The van der Waals surface area contributed by atoms with Crippen LogP contribution in [0, 0.1) is 11.8 Å². The van der Waals surface area contributed by atoms with Crippen LogP contribution in [-0.2, 0) is 20.0 Å². The molecule has 2 atom stereocenters. The van der Waals surface area contributed by atoms with Gasteiger partial charge in [-0.2, -0.15) is 5.10 Å². The van der Waals surface area contributed by atoms with Crippen LogP contribution in [0.4, 0.5) is 0 Å². The van der Waals surface area contributed by atoms with Crippen molar-refractivity contribution >= 4 is 23.2 Å². The second-order valence-corrected chi connectivity index (χ2v) is 6.11. The van der Waals surface area contributed by atoms with Crippen molar-refractivity contribution in [3.05, 3.63) is 16.4 Å². The van der Waals surface area contributed by atoms with Crippen LogP contribution in [0.1, 0.15) is 37.6 Å². The minimum atomic E-state index is 0.683. The van der Waals surface area contributed by atoms with E-state index in [-0.39, 0.29) is 0 Å². The van der Waals surface area contributed by atoms with Crippen LogP contribution in [0.15, 0.2) is 0 Å². The first kappa shape index (κ1) is 15.1. The number of halogens is 2. The molecule has 1 N–H and O–H groups in total. The zero-order valence-corrected chi connectivity index (χ0v) is 13.3. The lowest BCUT2D eigenvalue weighted by atomic mass is 9.98. The van der Waals surface area contributed by atoms with Crippen molar-refractivity contribution in [1.29, 1.82) is 0 Å². The molecule has 1 aromatic heterocycles. The molecule has 2 rings (SSSR count). The second kappa shape index (κ2) is 6.96. The molecule has 1 saturated carbocycles. The molecule has 0 amide bonds. The molecule has 1 aliphatic carbocycles. The average Bonchev–Trinajstić information content (AvgIpc) is 2.96. The van der Waals surface area contributed by atoms with Gasteiger partial charge in [-0.1, -0.05) is 24.9 Å².